The van der Waals surface area contributed by atoms with Crippen LogP contribution in [0.3, 0.4) is 0 Å². The lowest BCUT2D eigenvalue weighted by molar-refractivity contribution is 0.208. The molecule has 1 N–H and O–H groups in total. The predicted octanol–water partition coefficient (Wildman–Crippen LogP) is 1.76. The summed E-state index contributed by atoms with van der Waals surface area (Å²) in [6.45, 7) is 15.4. The van der Waals surface area contributed by atoms with Crippen molar-refractivity contribution in [2.24, 2.45) is 7.05 Å². The molecule has 0 aliphatic carbocycles. The zero-order valence-electron chi connectivity index (χ0n) is 14.3. The number of hydrogen-bond donors (Lipinski definition) is 1. The fraction of sp³-hybridized carbons (Fsp3) is 0.812. The Bertz CT molecular complexity index is 444. The van der Waals surface area contributed by atoms with Gasteiger partial charge < -0.3 is 10.2 Å². The van der Waals surface area contributed by atoms with E-state index in [4.69, 9.17) is 0 Å². The fourth-order valence-corrected chi connectivity index (χ4v) is 3.13. The molecule has 1 saturated heterocycles. The van der Waals surface area contributed by atoms with Crippen molar-refractivity contribution in [3.63, 3.8) is 0 Å². The lowest BCUT2D eigenvalue weighted by atomic mass is 10.2. The van der Waals surface area contributed by atoms with Crippen LogP contribution < -0.4 is 10.2 Å². The van der Waals surface area contributed by atoms with Gasteiger partial charge in [0.15, 0.2) is 0 Å². The van der Waals surface area contributed by atoms with Gasteiger partial charge in [-0.05, 0) is 33.7 Å². The third-order valence-electron chi connectivity index (χ3n) is 4.39. The van der Waals surface area contributed by atoms with E-state index in [1.165, 1.54) is 17.8 Å². The van der Waals surface area contributed by atoms with E-state index in [0.29, 0.717) is 6.04 Å². The van der Waals surface area contributed by atoms with E-state index in [9.17, 15) is 0 Å². The van der Waals surface area contributed by atoms with Crippen molar-refractivity contribution in [1.82, 2.24) is 20.0 Å². The highest BCUT2D eigenvalue weighted by Gasteiger charge is 2.24. The molecule has 1 aromatic rings. The molecule has 0 atom stereocenters. The first-order chi connectivity index (χ1) is 10.0. The smallest absolute Gasteiger partial charge is 0.131 e. The van der Waals surface area contributed by atoms with E-state index in [1.807, 2.05) is 0 Å². The molecule has 1 aliphatic rings. The highest BCUT2D eigenvalue weighted by molar-refractivity contribution is 5.50. The molecule has 0 radical (unpaired) electrons. The van der Waals surface area contributed by atoms with E-state index in [0.717, 1.165) is 45.0 Å². The highest BCUT2D eigenvalue weighted by Crippen LogP contribution is 2.24. The Kier molecular flexibility index (Phi) is 5.65. The standard InChI is InChI=1S/C16H31N5/c1-6-7-17-12-15-14(4)18-19(5)16(15)21-10-8-20(9-11-21)13(2)3/h13,17H,6-12H2,1-5H3. The molecule has 5 nitrogen and oxygen atoms in total. The van der Waals surface area contributed by atoms with Crippen LogP contribution in [0.25, 0.3) is 0 Å². The van der Waals surface area contributed by atoms with E-state index >= 15 is 0 Å². The minimum atomic E-state index is 0.645. The largest absolute Gasteiger partial charge is 0.354 e. The summed E-state index contributed by atoms with van der Waals surface area (Å²) in [5, 5.41) is 8.16. The van der Waals surface area contributed by atoms with E-state index in [2.05, 4.69) is 59.6 Å². The zero-order chi connectivity index (χ0) is 15.4. The number of nitrogens with one attached hydrogen (secondary N) is 1. The van der Waals surface area contributed by atoms with Crippen molar-refractivity contribution in [2.45, 2.75) is 46.7 Å². The molecule has 120 valence electrons. The molecule has 5 heteroatoms. The SMILES string of the molecule is CCCNCc1c(C)nn(C)c1N1CCN(C(C)C)CC1. The van der Waals surface area contributed by atoms with Crippen LogP contribution in [0, 0.1) is 6.92 Å². The summed E-state index contributed by atoms with van der Waals surface area (Å²) < 4.78 is 2.06. The van der Waals surface area contributed by atoms with Gasteiger partial charge in [0, 0.05) is 51.4 Å². The van der Waals surface area contributed by atoms with Crippen molar-refractivity contribution < 1.29 is 0 Å². The first kappa shape index (κ1) is 16.3. The number of anilines is 1. The number of nitrogens with zero attached hydrogens (tertiary/aromatic N) is 4. The maximum Gasteiger partial charge on any atom is 0.131 e. The third-order valence-corrected chi connectivity index (χ3v) is 4.39. The molecule has 21 heavy (non-hydrogen) atoms. The normalized spacial score (nSPS) is 17.0. The number of piperazine rings is 1. The monoisotopic (exact) mass is 293 g/mol. The fourth-order valence-electron chi connectivity index (χ4n) is 3.13. The second-order valence-electron chi connectivity index (χ2n) is 6.30. The van der Waals surface area contributed by atoms with Gasteiger partial charge in [-0.25, -0.2) is 0 Å². The van der Waals surface area contributed by atoms with Gasteiger partial charge in [-0.3, -0.25) is 9.58 Å². The summed E-state index contributed by atoms with van der Waals surface area (Å²) in [5.74, 6) is 1.31. The Hall–Kier alpha value is -1.07. The first-order valence-electron chi connectivity index (χ1n) is 8.26. The van der Waals surface area contributed by atoms with Crippen LogP contribution in [0.15, 0.2) is 0 Å². The van der Waals surface area contributed by atoms with Gasteiger partial charge in [-0.15, -0.1) is 0 Å². The van der Waals surface area contributed by atoms with E-state index in [-0.39, 0.29) is 0 Å². The molecule has 2 heterocycles. The molecule has 0 unspecified atom stereocenters. The average molecular weight is 293 g/mol. The lowest BCUT2D eigenvalue weighted by Gasteiger charge is -2.38. The van der Waals surface area contributed by atoms with Gasteiger partial charge in [0.25, 0.3) is 0 Å². The van der Waals surface area contributed by atoms with Crippen LogP contribution in [0.1, 0.15) is 38.4 Å². The minimum Gasteiger partial charge on any atom is -0.354 e. The molecule has 1 aromatic heterocycles. The molecule has 1 fully saturated rings. The second-order valence-corrected chi connectivity index (χ2v) is 6.30. The molecule has 0 amide bonds. The van der Waals surface area contributed by atoms with Crippen molar-refractivity contribution in [3.8, 4) is 0 Å². The summed E-state index contributed by atoms with van der Waals surface area (Å²) >= 11 is 0. The quantitative estimate of drug-likeness (QED) is 0.811. The second kappa shape index (κ2) is 7.27. The number of aromatic nitrogens is 2. The van der Waals surface area contributed by atoms with E-state index in [1.54, 1.807) is 0 Å². The lowest BCUT2D eigenvalue weighted by Crippen LogP contribution is -2.49. The topological polar surface area (TPSA) is 36.3 Å². The summed E-state index contributed by atoms with van der Waals surface area (Å²) in [7, 11) is 2.07. The van der Waals surface area contributed by atoms with Crippen molar-refractivity contribution in [2.75, 3.05) is 37.6 Å². The van der Waals surface area contributed by atoms with Gasteiger partial charge in [-0.2, -0.15) is 5.10 Å². The molecular weight excluding hydrogens is 262 g/mol. The van der Waals surface area contributed by atoms with Crippen molar-refractivity contribution in [1.29, 1.82) is 0 Å². The Morgan fingerprint density at radius 3 is 2.43 bits per heavy atom. The van der Waals surface area contributed by atoms with Crippen LogP contribution in [0.5, 0.6) is 0 Å². The maximum absolute atomic E-state index is 4.64. The summed E-state index contributed by atoms with van der Waals surface area (Å²) in [4.78, 5) is 5.05. The summed E-state index contributed by atoms with van der Waals surface area (Å²) in [5.41, 5.74) is 2.52. The Balaban J connectivity index is 2.08. The van der Waals surface area contributed by atoms with Gasteiger partial charge in [0.2, 0.25) is 0 Å². The number of hydrogen-bond acceptors (Lipinski definition) is 4. The average Bonchev–Trinajstić information content (AvgIpc) is 2.74. The van der Waals surface area contributed by atoms with Gasteiger partial charge in [0.1, 0.15) is 5.82 Å². The minimum absolute atomic E-state index is 0.645. The first-order valence-corrected chi connectivity index (χ1v) is 8.26. The summed E-state index contributed by atoms with van der Waals surface area (Å²) in [6, 6.07) is 0.645. The molecule has 1 aliphatic heterocycles. The molecule has 2 rings (SSSR count). The van der Waals surface area contributed by atoms with Crippen LogP contribution in [-0.4, -0.2) is 53.4 Å². The molecule has 0 bridgehead atoms. The van der Waals surface area contributed by atoms with Crippen molar-refractivity contribution >= 4 is 5.82 Å². The van der Waals surface area contributed by atoms with Crippen LogP contribution in [0.4, 0.5) is 5.82 Å². The number of aryl methyl sites for hydroxylation is 2. The van der Waals surface area contributed by atoms with Gasteiger partial charge >= 0.3 is 0 Å². The van der Waals surface area contributed by atoms with Gasteiger partial charge in [0.05, 0.1) is 5.69 Å². The number of rotatable bonds is 6. The van der Waals surface area contributed by atoms with Crippen LogP contribution in [-0.2, 0) is 13.6 Å². The maximum atomic E-state index is 4.64. The zero-order valence-corrected chi connectivity index (χ0v) is 14.3. The highest BCUT2D eigenvalue weighted by atomic mass is 15.4. The Morgan fingerprint density at radius 1 is 1.19 bits per heavy atom. The van der Waals surface area contributed by atoms with Crippen LogP contribution >= 0.6 is 0 Å². The van der Waals surface area contributed by atoms with Crippen molar-refractivity contribution in [3.05, 3.63) is 11.3 Å². The summed E-state index contributed by atoms with van der Waals surface area (Å²) in [6.07, 6.45) is 1.17. The molecule has 0 aromatic carbocycles. The molecule has 0 saturated carbocycles. The van der Waals surface area contributed by atoms with Crippen LogP contribution in [0.2, 0.25) is 0 Å². The van der Waals surface area contributed by atoms with E-state index < -0.39 is 0 Å². The Labute approximate surface area is 129 Å². The van der Waals surface area contributed by atoms with Gasteiger partial charge in [-0.1, -0.05) is 6.92 Å². The Morgan fingerprint density at radius 2 is 1.86 bits per heavy atom. The predicted molar refractivity (Wildman–Crippen MR) is 88.9 cm³/mol. The molecule has 0 spiro atoms. The third kappa shape index (κ3) is 3.77. The molecular formula is C16H31N5.